The van der Waals surface area contributed by atoms with Crippen molar-refractivity contribution in [2.75, 3.05) is 19.6 Å². The van der Waals surface area contributed by atoms with Crippen molar-refractivity contribution in [3.63, 3.8) is 0 Å². The van der Waals surface area contributed by atoms with Gasteiger partial charge in [-0.2, -0.15) is 5.26 Å². The van der Waals surface area contributed by atoms with E-state index in [1.807, 2.05) is 54.6 Å². The molecule has 0 radical (unpaired) electrons. The highest BCUT2D eigenvalue weighted by molar-refractivity contribution is 6.32. The summed E-state index contributed by atoms with van der Waals surface area (Å²) in [5, 5.41) is 11.2. The monoisotopic (exact) mass is 451 g/mol. The van der Waals surface area contributed by atoms with Crippen LogP contribution in [0.4, 0.5) is 0 Å². The van der Waals surface area contributed by atoms with Gasteiger partial charge < -0.3 is 10.5 Å². The zero-order valence-electron chi connectivity index (χ0n) is 17.2. The number of hydrogen-bond acceptors (Lipinski definition) is 4. The van der Waals surface area contributed by atoms with E-state index in [2.05, 4.69) is 17.9 Å². The Morgan fingerprint density at radius 1 is 1.13 bits per heavy atom. The average Bonchev–Trinajstić information content (AvgIpc) is 2.76. The van der Waals surface area contributed by atoms with Gasteiger partial charge in [0, 0.05) is 28.7 Å². The molecule has 4 rings (SSSR count). The van der Waals surface area contributed by atoms with E-state index in [9.17, 15) is 5.26 Å². The predicted octanol–water partition coefficient (Wildman–Crippen LogP) is 5.86. The van der Waals surface area contributed by atoms with Crippen molar-refractivity contribution in [3.05, 3.63) is 98.1 Å². The van der Waals surface area contributed by atoms with E-state index < -0.39 is 0 Å². The first-order chi connectivity index (χ1) is 15.0. The summed E-state index contributed by atoms with van der Waals surface area (Å²) in [6.07, 6.45) is 3.07. The highest BCUT2D eigenvalue weighted by atomic mass is 35.5. The minimum atomic E-state index is -0.350. The Labute approximate surface area is 192 Å². The third-order valence-corrected chi connectivity index (χ3v) is 6.29. The van der Waals surface area contributed by atoms with E-state index in [0.717, 1.165) is 35.2 Å². The van der Waals surface area contributed by atoms with Gasteiger partial charge in [0.05, 0.1) is 5.92 Å². The lowest BCUT2D eigenvalue weighted by Crippen LogP contribution is -2.38. The van der Waals surface area contributed by atoms with E-state index in [1.165, 1.54) is 0 Å². The van der Waals surface area contributed by atoms with Gasteiger partial charge in [-0.05, 0) is 47.9 Å². The van der Waals surface area contributed by atoms with Gasteiger partial charge in [-0.15, -0.1) is 0 Å². The molecule has 0 spiro atoms. The number of allylic oxidation sites excluding steroid dienone is 1. The first kappa shape index (κ1) is 21.5. The maximum absolute atomic E-state index is 9.90. The van der Waals surface area contributed by atoms with Crippen molar-refractivity contribution in [2.24, 2.45) is 5.73 Å². The van der Waals surface area contributed by atoms with E-state index in [4.69, 9.17) is 33.7 Å². The summed E-state index contributed by atoms with van der Waals surface area (Å²) in [7, 11) is 0. The third kappa shape index (κ3) is 4.22. The Hall–Kier alpha value is -2.71. The van der Waals surface area contributed by atoms with Crippen molar-refractivity contribution < 1.29 is 4.74 Å². The molecule has 2 aromatic rings. The molecule has 0 amide bonds. The maximum Gasteiger partial charge on any atom is 0.205 e. The van der Waals surface area contributed by atoms with Crippen LogP contribution in [0.2, 0.25) is 10.0 Å². The molecule has 0 aliphatic carbocycles. The fourth-order valence-electron chi connectivity index (χ4n) is 4.26. The van der Waals surface area contributed by atoms with Gasteiger partial charge in [-0.25, -0.2) is 0 Å². The van der Waals surface area contributed by atoms with Crippen LogP contribution in [0.15, 0.2) is 76.9 Å². The lowest BCUT2D eigenvalue weighted by molar-refractivity contribution is 0.234. The molecule has 2 heterocycles. The minimum absolute atomic E-state index is 0.125. The molecule has 1 atom stereocenters. The minimum Gasteiger partial charge on any atom is -0.440 e. The van der Waals surface area contributed by atoms with Crippen LogP contribution in [0.25, 0.3) is 6.08 Å². The van der Waals surface area contributed by atoms with Crippen molar-refractivity contribution in [1.82, 2.24) is 4.90 Å². The largest absolute Gasteiger partial charge is 0.440 e. The fourth-order valence-corrected chi connectivity index (χ4v) is 4.70. The topological polar surface area (TPSA) is 62.3 Å². The number of halogens is 2. The van der Waals surface area contributed by atoms with Gasteiger partial charge in [0.2, 0.25) is 5.88 Å². The zero-order valence-corrected chi connectivity index (χ0v) is 18.7. The molecular formula is C25H23Cl2N3O. The highest BCUT2D eigenvalue weighted by Gasteiger charge is 2.38. The van der Waals surface area contributed by atoms with Crippen LogP contribution in [0.5, 0.6) is 0 Å². The summed E-state index contributed by atoms with van der Waals surface area (Å²) in [5.41, 5.74) is 10.4. The Kier molecular flexibility index (Phi) is 6.38. The Morgan fingerprint density at radius 3 is 2.52 bits per heavy atom. The fraction of sp³-hybridized carbons (Fsp3) is 0.240. The normalized spacial score (nSPS) is 20.5. The molecule has 0 bridgehead atoms. The van der Waals surface area contributed by atoms with Gasteiger partial charge in [0.15, 0.2) is 0 Å². The molecule has 158 valence electrons. The zero-order chi connectivity index (χ0) is 22.0. The molecule has 0 saturated carbocycles. The lowest BCUT2D eigenvalue weighted by atomic mass is 9.80. The van der Waals surface area contributed by atoms with Crippen molar-refractivity contribution in [3.8, 4) is 6.07 Å². The molecule has 2 aromatic carbocycles. The molecule has 6 heteroatoms. The van der Waals surface area contributed by atoms with E-state index in [-0.39, 0.29) is 11.8 Å². The number of nitrogens with two attached hydrogens (primary N) is 1. The number of ether oxygens (including phenoxy) is 1. The van der Waals surface area contributed by atoms with E-state index in [1.54, 1.807) is 0 Å². The second-order valence-corrected chi connectivity index (χ2v) is 8.52. The summed E-state index contributed by atoms with van der Waals surface area (Å²) >= 11 is 13.0. The molecule has 0 saturated heterocycles. The van der Waals surface area contributed by atoms with Gasteiger partial charge in [-0.1, -0.05) is 66.5 Å². The first-order valence-electron chi connectivity index (χ1n) is 10.3. The van der Waals surface area contributed by atoms with Crippen molar-refractivity contribution in [1.29, 1.82) is 5.26 Å². The number of rotatable bonds is 4. The highest BCUT2D eigenvalue weighted by Crippen LogP contribution is 2.45. The van der Waals surface area contributed by atoms with Crippen LogP contribution in [0.1, 0.15) is 30.4 Å². The van der Waals surface area contributed by atoms with Crippen LogP contribution in [0.3, 0.4) is 0 Å². The van der Waals surface area contributed by atoms with Gasteiger partial charge in [0.25, 0.3) is 0 Å². The smallest absolute Gasteiger partial charge is 0.205 e. The van der Waals surface area contributed by atoms with Crippen LogP contribution in [-0.2, 0) is 4.74 Å². The molecule has 0 fully saturated rings. The van der Waals surface area contributed by atoms with Crippen LogP contribution < -0.4 is 5.73 Å². The Morgan fingerprint density at radius 2 is 1.84 bits per heavy atom. The number of nitriles is 1. The van der Waals surface area contributed by atoms with Crippen LogP contribution >= 0.6 is 23.2 Å². The summed E-state index contributed by atoms with van der Waals surface area (Å²) in [5.74, 6) is 0.491. The molecule has 2 aliphatic rings. The molecule has 31 heavy (non-hydrogen) atoms. The van der Waals surface area contributed by atoms with E-state index >= 15 is 0 Å². The van der Waals surface area contributed by atoms with Crippen molar-refractivity contribution >= 4 is 29.3 Å². The maximum atomic E-state index is 9.90. The predicted molar refractivity (Wildman–Crippen MR) is 125 cm³/mol. The first-order valence-corrected chi connectivity index (χ1v) is 11.0. The quantitative estimate of drug-likeness (QED) is 0.631. The Balaban J connectivity index is 1.91. The standard InChI is InChI=1S/C25H23Cl2N3O/c1-2-11-30-14-17(12-16-7-3-5-9-21(16)26)24-20(15-30)23(19(13-28)25(29)31-24)18-8-4-6-10-22(18)27/h3-10,12,23H,2,11,14-15,29H2,1H3/b17-12-/t23-/m1/s1. The summed E-state index contributed by atoms with van der Waals surface area (Å²) in [6, 6.07) is 17.6. The van der Waals surface area contributed by atoms with Crippen LogP contribution in [0, 0.1) is 11.3 Å². The Bertz CT molecular complexity index is 1140. The van der Waals surface area contributed by atoms with Gasteiger partial charge in [0.1, 0.15) is 17.4 Å². The molecule has 0 aromatic heterocycles. The second kappa shape index (κ2) is 9.20. The third-order valence-electron chi connectivity index (χ3n) is 5.60. The van der Waals surface area contributed by atoms with Crippen LogP contribution in [-0.4, -0.2) is 24.5 Å². The molecule has 2 aliphatic heterocycles. The summed E-state index contributed by atoms with van der Waals surface area (Å²) < 4.78 is 6.07. The molecular weight excluding hydrogens is 429 g/mol. The summed E-state index contributed by atoms with van der Waals surface area (Å²) in [6.45, 7) is 4.47. The number of nitrogens with zero attached hydrogens (tertiary/aromatic N) is 2. The van der Waals surface area contributed by atoms with Gasteiger partial charge in [-0.3, -0.25) is 4.90 Å². The molecule has 2 N–H and O–H groups in total. The van der Waals surface area contributed by atoms with Gasteiger partial charge >= 0.3 is 0 Å². The number of hydrogen-bond donors (Lipinski definition) is 1. The SMILES string of the molecule is CCCN1CC2=C(OC(N)=C(C#N)[C@H]2c2ccccc2Cl)/C(=C\c2ccccc2Cl)C1. The van der Waals surface area contributed by atoms with Crippen molar-refractivity contribution in [2.45, 2.75) is 19.3 Å². The second-order valence-electron chi connectivity index (χ2n) is 7.70. The molecule has 0 unspecified atom stereocenters. The average molecular weight is 452 g/mol. The number of benzene rings is 2. The van der Waals surface area contributed by atoms with E-state index in [0.29, 0.717) is 34.5 Å². The molecule has 4 nitrogen and oxygen atoms in total. The summed E-state index contributed by atoms with van der Waals surface area (Å²) in [4.78, 5) is 2.35. The lowest BCUT2D eigenvalue weighted by Gasteiger charge is -2.38.